The molecule has 0 saturated heterocycles. The van der Waals surface area contributed by atoms with Crippen molar-refractivity contribution in [3.05, 3.63) is 47.0 Å². The molecule has 2 aliphatic rings. The van der Waals surface area contributed by atoms with Gasteiger partial charge in [0.25, 0.3) is 5.91 Å². The van der Waals surface area contributed by atoms with E-state index in [-0.39, 0.29) is 17.0 Å². The van der Waals surface area contributed by atoms with Crippen LogP contribution in [0.5, 0.6) is 0 Å². The minimum atomic E-state index is -3.59. The van der Waals surface area contributed by atoms with E-state index >= 15 is 0 Å². The first kappa shape index (κ1) is 25.8. The van der Waals surface area contributed by atoms with Crippen LogP contribution in [0.25, 0.3) is 11.1 Å². The van der Waals surface area contributed by atoms with Crippen LogP contribution in [0.15, 0.2) is 40.4 Å². The molecule has 0 saturated carbocycles. The Bertz CT molecular complexity index is 1340. The van der Waals surface area contributed by atoms with Crippen LogP contribution in [0.3, 0.4) is 0 Å². The molecule has 4 rings (SSSR count). The highest BCUT2D eigenvalue weighted by atomic mass is 32.2. The van der Waals surface area contributed by atoms with E-state index in [4.69, 9.17) is 9.94 Å². The zero-order valence-electron chi connectivity index (χ0n) is 20.1. The van der Waals surface area contributed by atoms with Crippen molar-refractivity contribution in [3.63, 3.8) is 0 Å². The predicted octanol–water partition coefficient (Wildman–Crippen LogP) is -0.234. The number of hydrogen-bond donors (Lipinski definition) is 2. The second-order valence-corrected chi connectivity index (χ2v) is 11.1. The molecule has 1 amide bonds. The molecule has 0 bridgehead atoms. The summed E-state index contributed by atoms with van der Waals surface area (Å²) in [6.45, 7) is 0.924. The number of anilines is 1. The number of carbonyl (C=O) groups excluding carboxylic acids is 2. The van der Waals surface area contributed by atoms with Gasteiger partial charge in [0.1, 0.15) is 0 Å². The van der Waals surface area contributed by atoms with E-state index in [1.807, 2.05) is 7.05 Å². The molecule has 0 fully saturated rings. The number of nitrogens with one attached hydrogen (secondary N) is 1. The van der Waals surface area contributed by atoms with Gasteiger partial charge in [-0.2, -0.15) is 0 Å². The third-order valence-electron chi connectivity index (χ3n) is 6.30. The Morgan fingerprint density at radius 2 is 1.94 bits per heavy atom. The first-order valence-electron chi connectivity index (χ1n) is 11.3. The third-order valence-corrected chi connectivity index (χ3v) is 8.13. The molecule has 12 heteroatoms. The van der Waals surface area contributed by atoms with Crippen LogP contribution in [0.1, 0.15) is 23.1 Å². The summed E-state index contributed by atoms with van der Waals surface area (Å²) in [5.74, 6) is -2.08. The Kier molecular flexibility index (Phi) is 7.14. The maximum absolute atomic E-state index is 12.8. The van der Waals surface area contributed by atoms with Crippen molar-refractivity contribution in [1.29, 1.82) is 0 Å². The van der Waals surface area contributed by atoms with Crippen LogP contribution < -0.4 is 10.4 Å². The summed E-state index contributed by atoms with van der Waals surface area (Å²) >= 11 is 0. The fourth-order valence-electron chi connectivity index (χ4n) is 4.33. The summed E-state index contributed by atoms with van der Waals surface area (Å²) in [6.07, 6.45) is -1.03. The second-order valence-electron chi connectivity index (χ2n) is 8.92. The summed E-state index contributed by atoms with van der Waals surface area (Å²) in [7, 11) is 1.32. The highest BCUT2D eigenvalue weighted by Gasteiger charge is 2.34. The quantitative estimate of drug-likeness (QED) is 0.457. The standard InChI is InChI=1S/C24H28N4O7S/c1-27(2)36(33,34)15-6-4-14(5-7-15)17-12-18-21(19-13-28(3)10-8-16(17)19)25-23(30)22(18)26-35-20(9-11-29)24(31)32/h4-7,12,20,29H,8-11,13H2,1-3H3,(H,31,32)(H,25,26,30)/p-1. The Balaban J connectivity index is 1.82. The second kappa shape index (κ2) is 9.97. The van der Waals surface area contributed by atoms with Crippen LogP contribution in [-0.4, -0.2) is 80.7 Å². The molecule has 2 heterocycles. The lowest BCUT2D eigenvalue weighted by molar-refractivity contribution is -0.317. The number of carboxylic acids is 1. The van der Waals surface area contributed by atoms with Crippen LogP contribution in [0, 0.1) is 0 Å². The maximum Gasteiger partial charge on any atom is 0.278 e. The Labute approximate surface area is 209 Å². The fourth-order valence-corrected chi connectivity index (χ4v) is 5.23. The van der Waals surface area contributed by atoms with Crippen LogP contribution in [-0.2, 0) is 37.4 Å². The smallest absolute Gasteiger partial charge is 0.278 e. The van der Waals surface area contributed by atoms with E-state index in [0.717, 1.165) is 33.1 Å². The lowest BCUT2D eigenvalue weighted by atomic mass is 9.87. The summed E-state index contributed by atoms with van der Waals surface area (Å²) in [5.41, 5.74) is 4.49. The SMILES string of the molecule is CN1CCc2c(-c3ccc(S(=O)(=O)N(C)C)cc3)cc3c(c2C1)NC(=O)/C3=N\OC(CCO)C(=O)[O-]. The number of oxime groups is 1. The molecule has 0 spiro atoms. The highest BCUT2D eigenvalue weighted by molar-refractivity contribution is 7.89. The lowest BCUT2D eigenvalue weighted by Crippen LogP contribution is -2.37. The van der Waals surface area contributed by atoms with Crippen molar-refractivity contribution >= 4 is 33.3 Å². The summed E-state index contributed by atoms with van der Waals surface area (Å²) in [4.78, 5) is 31.4. The number of rotatable bonds is 8. The molecule has 1 unspecified atom stereocenters. The summed E-state index contributed by atoms with van der Waals surface area (Å²) in [5, 5.41) is 27.0. The number of amides is 1. The van der Waals surface area contributed by atoms with Crippen molar-refractivity contribution < 1.29 is 33.1 Å². The van der Waals surface area contributed by atoms with Gasteiger partial charge in [0.15, 0.2) is 11.8 Å². The van der Waals surface area contributed by atoms with E-state index in [1.165, 1.54) is 14.1 Å². The molecule has 2 aliphatic heterocycles. The number of likely N-dealkylation sites (N-methyl/N-ethyl adjacent to an activating group) is 1. The van der Waals surface area contributed by atoms with Gasteiger partial charge in [0.05, 0.1) is 16.6 Å². The van der Waals surface area contributed by atoms with E-state index in [0.29, 0.717) is 24.2 Å². The Hall–Kier alpha value is -3.32. The number of benzene rings is 2. The highest BCUT2D eigenvalue weighted by Crippen LogP contribution is 2.40. The van der Waals surface area contributed by atoms with Crippen molar-refractivity contribution in [2.45, 2.75) is 30.4 Å². The summed E-state index contributed by atoms with van der Waals surface area (Å²) in [6, 6.07) is 8.32. The van der Waals surface area contributed by atoms with Gasteiger partial charge < -0.3 is 30.1 Å². The minimum Gasteiger partial charge on any atom is -0.546 e. The average Bonchev–Trinajstić information content (AvgIpc) is 3.16. The fraction of sp³-hybridized carbons (Fsp3) is 0.375. The number of fused-ring (bicyclic) bond motifs is 3. The van der Waals surface area contributed by atoms with E-state index in [1.54, 1.807) is 30.3 Å². The number of aliphatic hydroxyl groups excluding tert-OH is 1. The minimum absolute atomic E-state index is 0.0849. The first-order valence-corrected chi connectivity index (χ1v) is 12.8. The van der Waals surface area contributed by atoms with Gasteiger partial charge in [0.2, 0.25) is 10.0 Å². The van der Waals surface area contributed by atoms with Gasteiger partial charge in [-0.25, -0.2) is 12.7 Å². The van der Waals surface area contributed by atoms with E-state index < -0.39 is 34.6 Å². The number of nitrogens with zero attached hydrogens (tertiary/aromatic N) is 3. The molecule has 0 aliphatic carbocycles. The molecule has 36 heavy (non-hydrogen) atoms. The van der Waals surface area contributed by atoms with Gasteiger partial charge in [-0.05, 0) is 53.9 Å². The van der Waals surface area contributed by atoms with E-state index in [2.05, 4.69) is 15.4 Å². The zero-order chi connectivity index (χ0) is 26.2. The van der Waals surface area contributed by atoms with Crippen molar-refractivity contribution in [1.82, 2.24) is 9.21 Å². The molecule has 0 aromatic heterocycles. The number of aliphatic carboxylic acids is 1. The number of carbonyl (C=O) groups is 2. The third kappa shape index (κ3) is 4.72. The van der Waals surface area contributed by atoms with Crippen LogP contribution >= 0.6 is 0 Å². The van der Waals surface area contributed by atoms with Gasteiger partial charge in [-0.15, -0.1) is 0 Å². The van der Waals surface area contributed by atoms with E-state index in [9.17, 15) is 23.1 Å². The van der Waals surface area contributed by atoms with Crippen molar-refractivity contribution in [2.24, 2.45) is 5.16 Å². The molecular weight excluding hydrogens is 488 g/mol. The number of sulfonamides is 1. The lowest BCUT2D eigenvalue weighted by Gasteiger charge is -2.29. The van der Waals surface area contributed by atoms with Gasteiger partial charge in [-0.3, -0.25) is 4.79 Å². The zero-order valence-corrected chi connectivity index (χ0v) is 21.0. The molecule has 0 radical (unpaired) electrons. The first-order chi connectivity index (χ1) is 17.0. The van der Waals surface area contributed by atoms with Gasteiger partial charge in [-0.1, -0.05) is 17.3 Å². The van der Waals surface area contributed by atoms with Crippen molar-refractivity contribution in [2.75, 3.05) is 39.6 Å². The number of carboxylic acid groups (broad SMARTS) is 1. The number of hydrogen-bond acceptors (Lipinski definition) is 9. The Morgan fingerprint density at radius 3 is 2.56 bits per heavy atom. The number of aliphatic hydroxyl groups is 1. The normalized spacial score (nSPS) is 17.6. The Morgan fingerprint density at radius 1 is 1.25 bits per heavy atom. The molecule has 2 N–H and O–H groups in total. The van der Waals surface area contributed by atoms with Crippen LogP contribution in [0.4, 0.5) is 5.69 Å². The summed E-state index contributed by atoms with van der Waals surface area (Å²) < 4.78 is 26.1. The maximum atomic E-state index is 12.8. The molecule has 1 atom stereocenters. The van der Waals surface area contributed by atoms with Crippen LogP contribution in [0.2, 0.25) is 0 Å². The topological polar surface area (TPSA) is 152 Å². The average molecular weight is 516 g/mol. The van der Waals surface area contributed by atoms with Gasteiger partial charge in [0, 0.05) is 45.8 Å². The molecular formula is C24H27N4O7S-. The molecule has 11 nitrogen and oxygen atoms in total. The van der Waals surface area contributed by atoms with Crippen molar-refractivity contribution in [3.8, 4) is 11.1 Å². The molecule has 2 aromatic rings. The van der Waals surface area contributed by atoms with Gasteiger partial charge >= 0.3 is 0 Å². The molecule has 192 valence electrons. The molecule has 2 aromatic carbocycles. The predicted molar refractivity (Wildman–Crippen MR) is 130 cm³/mol. The largest absolute Gasteiger partial charge is 0.546 e. The monoisotopic (exact) mass is 515 g/mol.